The highest BCUT2D eigenvalue weighted by Crippen LogP contribution is 2.23. The van der Waals surface area contributed by atoms with Crippen molar-refractivity contribution in [2.75, 3.05) is 0 Å². The van der Waals surface area contributed by atoms with Gasteiger partial charge in [-0.2, -0.15) is 0 Å². The normalized spacial score (nSPS) is 11.6. The summed E-state index contributed by atoms with van der Waals surface area (Å²) >= 11 is 5.64. The van der Waals surface area contributed by atoms with Crippen LogP contribution in [0.15, 0.2) is 41.3 Å². The molecule has 0 fully saturated rings. The molecule has 2 aromatic rings. The van der Waals surface area contributed by atoms with Gasteiger partial charge in [-0.1, -0.05) is 29.8 Å². The van der Waals surface area contributed by atoms with Gasteiger partial charge in [0.05, 0.1) is 15.7 Å². The second-order valence-corrected chi connectivity index (χ2v) is 7.20. The Balaban J connectivity index is 2.35. The highest BCUT2D eigenvalue weighted by molar-refractivity contribution is 7.90. The Bertz CT molecular complexity index is 775. The number of sulfone groups is 1. The average Bonchev–Trinajstić information content (AvgIpc) is 2.43. The van der Waals surface area contributed by atoms with E-state index in [0.29, 0.717) is 12.1 Å². The van der Waals surface area contributed by atoms with E-state index in [1.807, 2.05) is 13.0 Å². The smallest absolute Gasteiger partial charge is 0.182 e. The molecule has 3 nitrogen and oxygen atoms in total. The van der Waals surface area contributed by atoms with E-state index in [1.165, 1.54) is 6.07 Å². The van der Waals surface area contributed by atoms with Crippen molar-refractivity contribution < 1.29 is 12.8 Å². The van der Waals surface area contributed by atoms with Crippen molar-refractivity contribution in [2.24, 2.45) is 5.73 Å². The highest BCUT2D eigenvalue weighted by atomic mass is 35.5. The third-order valence-corrected chi connectivity index (χ3v) is 5.19. The minimum absolute atomic E-state index is 0.0104. The summed E-state index contributed by atoms with van der Waals surface area (Å²) in [4.78, 5) is 0.0104. The molecule has 0 aliphatic rings. The largest absolute Gasteiger partial charge is 0.326 e. The maximum atomic E-state index is 13.1. The van der Waals surface area contributed by atoms with Crippen LogP contribution < -0.4 is 5.73 Å². The van der Waals surface area contributed by atoms with Gasteiger partial charge in [0.1, 0.15) is 5.82 Å². The van der Waals surface area contributed by atoms with Crippen LogP contribution in [0.3, 0.4) is 0 Å². The molecule has 0 saturated heterocycles. The molecule has 112 valence electrons. The van der Waals surface area contributed by atoms with Crippen molar-refractivity contribution in [1.29, 1.82) is 0 Å². The fourth-order valence-corrected chi connectivity index (χ4v) is 3.72. The fourth-order valence-electron chi connectivity index (χ4n) is 2.01. The molecule has 2 aromatic carbocycles. The first-order chi connectivity index (χ1) is 9.83. The molecule has 0 radical (unpaired) electrons. The first-order valence-electron chi connectivity index (χ1n) is 6.30. The number of rotatable bonds is 4. The van der Waals surface area contributed by atoms with Crippen LogP contribution >= 0.6 is 11.6 Å². The molecule has 2 N–H and O–H groups in total. The summed E-state index contributed by atoms with van der Waals surface area (Å²) < 4.78 is 37.9. The predicted octanol–water partition coefficient (Wildman–Crippen LogP) is 3.22. The number of benzene rings is 2. The maximum Gasteiger partial charge on any atom is 0.182 e. The van der Waals surface area contributed by atoms with Crippen LogP contribution in [0.2, 0.25) is 5.02 Å². The molecule has 0 atom stereocenters. The Morgan fingerprint density at radius 2 is 1.90 bits per heavy atom. The lowest BCUT2D eigenvalue weighted by Gasteiger charge is -2.09. The molecule has 0 unspecified atom stereocenters. The molecule has 0 aromatic heterocycles. The monoisotopic (exact) mass is 327 g/mol. The van der Waals surface area contributed by atoms with Gasteiger partial charge < -0.3 is 5.73 Å². The lowest BCUT2D eigenvalue weighted by atomic mass is 10.1. The van der Waals surface area contributed by atoms with Crippen LogP contribution in [0, 0.1) is 12.7 Å². The SMILES string of the molecule is Cc1cc(CN)ccc1CS(=O)(=O)c1ccc(F)c(Cl)c1. The molecular weight excluding hydrogens is 313 g/mol. The third kappa shape index (κ3) is 3.61. The maximum absolute atomic E-state index is 13.1. The molecule has 0 aliphatic carbocycles. The summed E-state index contributed by atoms with van der Waals surface area (Å²) in [6.45, 7) is 2.24. The third-order valence-electron chi connectivity index (χ3n) is 3.24. The van der Waals surface area contributed by atoms with Crippen LogP contribution in [0.1, 0.15) is 16.7 Å². The van der Waals surface area contributed by atoms with Crippen molar-refractivity contribution in [3.8, 4) is 0 Å². The summed E-state index contributed by atoms with van der Waals surface area (Å²) in [5.74, 6) is -0.801. The summed E-state index contributed by atoms with van der Waals surface area (Å²) in [6, 6.07) is 8.83. The first-order valence-corrected chi connectivity index (χ1v) is 8.33. The van der Waals surface area contributed by atoms with Crippen molar-refractivity contribution in [1.82, 2.24) is 0 Å². The Kier molecular flexibility index (Phi) is 4.66. The van der Waals surface area contributed by atoms with E-state index in [2.05, 4.69) is 0 Å². The van der Waals surface area contributed by atoms with E-state index >= 15 is 0 Å². The van der Waals surface area contributed by atoms with Crippen molar-refractivity contribution in [2.45, 2.75) is 24.1 Å². The zero-order chi connectivity index (χ0) is 15.6. The number of aryl methyl sites for hydroxylation is 1. The summed E-state index contributed by atoms with van der Waals surface area (Å²) in [7, 11) is -3.58. The lowest BCUT2D eigenvalue weighted by Crippen LogP contribution is -2.07. The summed E-state index contributed by atoms with van der Waals surface area (Å²) in [5.41, 5.74) is 8.04. The van der Waals surface area contributed by atoms with Gasteiger partial charge in [0.25, 0.3) is 0 Å². The molecule has 0 heterocycles. The number of hydrogen-bond acceptors (Lipinski definition) is 3. The number of nitrogens with two attached hydrogens (primary N) is 1. The van der Waals surface area contributed by atoms with Crippen molar-refractivity contribution in [3.63, 3.8) is 0 Å². The lowest BCUT2D eigenvalue weighted by molar-refractivity contribution is 0.594. The highest BCUT2D eigenvalue weighted by Gasteiger charge is 2.18. The summed E-state index contributed by atoms with van der Waals surface area (Å²) in [5, 5.41) is -0.203. The Morgan fingerprint density at radius 1 is 1.19 bits per heavy atom. The predicted molar refractivity (Wildman–Crippen MR) is 81.4 cm³/mol. The molecule has 0 aliphatic heterocycles. The van der Waals surface area contributed by atoms with Gasteiger partial charge >= 0.3 is 0 Å². The molecule has 0 saturated carbocycles. The molecule has 21 heavy (non-hydrogen) atoms. The van der Waals surface area contributed by atoms with E-state index in [4.69, 9.17) is 17.3 Å². The van der Waals surface area contributed by atoms with Crippen LogP contribution in [0.25, 0.3) is 0 Å². The van der Waals surface area contributed by atoms with Gasteiger partial charge in [-0.3, -0.25) is 0 Å². The van der Waals surface area contributed by atoms with E-state index < -0.39 is 15.7 Å². The zero-order valence-electron chi connectivity index (χ0n) is 11.4. The minimum atomic E-state index is -3.58. The number of halogens is 2. The summed E-state index contributed by atoms with van der Waals surface area (Å²) in [6.07, 6.45) is 0. The Labute approximate surface area is 128 Å². The Morgan fingerprint density at radius 3 is 2.48 bits per heavy atom. The molecule has 0 spiro atoms. The van der Waals surface area contributed by atoms with Crippen LogP contribution in [0.4, 0.5) is 4.39 Å². The second kappa shape index (κ2) is 6.13. The van der Waals surface area contributed by atoms with Gasteiger partial charge in [-0.15, -0.1) is 0 Å². The fraction of sp³-hybridized carbons (Fsp3) is 0.200. The van der Waals surface area contributed by atoms with Gasteiger partial charge in [-0.25, -0.2) is 12.8 Å². The van der Waals surface area contributed by atoms with Gasteiger partial charge in [0, 0.05) is 6.54 Å². The van der Waals surface area contributed by atoms with Gasteiger partial charge in [0.2, 0.25) is 0 Å². The zero-order valence-corrected chi connectivity index (χ0v) is 13.0. The minimum Gasteiger partial charge on any atom is -0.326 e. The number of hydrogen-bond donors (Lipinski definition) is 1. The molecule has 0 amide bonds. The quantitative estimate of drug-likeness (QED) is 0.877. The van der Waals surface area contributed by atoms with Crippen LogP contribution in [-0.2, 0) is 22.1 Å². The topological polar surface area (TPSA) is 60.2 Å². The van der Waals surface area contributed by atoms with Crippen molar-refractivity contribution in [3.05, 3.63) is 63.9 Å². The van der Waals surface area contributed by atoms with E-state index in [-0.39, 0.29) is 15.7 Å². The van der Waals surface area contributed by atoms with E-state index in [1.54, 1.807) is 12.1 Å². The van der Waals surface area contributed by atoms with Gasteiger partial charge in [-0.05, 0) is 41.8 Å². The molecule has 6 heteroatoms. The first kappa shape index (κ1) is 15.9. The second-order valence-electron chi connectivity index (χ2n) is 4.80. The van der Waals surface area contributed by atoms with Crippen molar-refractivity contribution >= 4 is 21.4 Å². The van der Waals surface area contributed by atoms with E-state index in [9.17, 15) is 12.8 Å². The average molecular weight is 328 g/mol. The van der Waals surface area contributed by atoms with Gasteiger partial charge in [0.15, 0.2) is 9.84 Å². The molecule has 2 rings (SSSR count). The standard InChI is InChI=1S/C15H15ClFNO2S/c1-10-6-11(8-18)2-3-12(10)9-21(19,20)13-4-5-15(17)14(16)7-13/h2-7H,8-9,18H2,1H3. The van der Waals surface area contributed by atoms with Crippen LogP contribution in [0.5, 0.6) is 0 Å². The molecule has 0 bridgehead atoms. The molecular formula is C15H15ClFNO2S. The Hall–Kier alpha value is -1.43. The van der Waals surface area contributed by atoms with E-state index in [0.717, 1.165) is 23.3 Å². The van der Waals surface area contributed by atoms with Crippen LogP contribution in [-0.4, -0.2) is 8.42 Å².